The molecule has 1 saturated carbocycles. The molecule has 18 heavy (non-hydrogen) atoms. The average Bonchev–Trinajstić information content (AvgIpc) is 3.12. The third kappa shape index (κ3) is 3.47. The molecule has 1 fully saturated rings. The molecular weight excluding hydrogens is 244 g/mol. The first-order valence-electron chi connectivity index (χ1n) is 6.69. The smallest absolute Gasteiger partial charge is 0.0409 e. The summed E-state index contributed by atoms with van der Waals surface area (Å²) in [6, 6.07) is 8.08. The number of halogens is 1. The number of likely N-dealkylation sites (N-methyl/N-ethyl adjacent to an activating group) is 1. The highest BCUT2D eigenvalue weighted by atomic mass is 35.5. The molecule has 0 radical (unpaired) electrons. The Kier molecular flexibility index (Phi) is 4.31. The zero-order valence-electron chi connectivity index (χ0n) is 11.3. The van der Waals surface area contributed by atoms with Gasteiger partial charge in [0.1, 0.15) is 0 Å². The predicted molar refractivity (Wildman–Crippen MR) is 77.7 cm³/mol. The van der Waals surface area contributed by atoms with Crippen LogP contribution in [0.5, 0.6) is 0 Å². The Balaban J connectivity index is 2.02. The highest BCUT2D eigenvalue weighted by molar-refractivity contribution is 6.30. The molecule has 2 rings (SSSR count). The lowest BCUT2D eigenvalue weighted by Gasteiger charge is -2.38. The Labute approximate surface area is 115 Å². The van der Waals surface area contributed by atoms with E-state index in [1.165, 1.54) is 24.8 Å². The van der Waals surface area contributed by atoms with Gasteiger partial charge in [-0.1, -0.05) is 36.6 Å². The maximum Gasteiger partial charge on any atom is 0.0409 e. The van der Waals surface area contributed by atoms with Crippen LogP contribution in [0, 0.1) is 5.92 Å². The van der Waals surface area contributed by atoms with E-state index in [1.807, 2.05) is 18.2 Å². The fourth-order valence-electron chi connectivity index (χ4n) is 2.44. The highest BCUT2D eigenvalue weighted by Crippen LogP contribution is 2.38. The van der Waals surface area contributed by atoms with Gasteiger partial charge in [-0.3, -0.25) is 4.90 Å². The monoisotopic (exact) mass is 266 g/mol. The minimum atomic E-state index is 0.101. The van der Waals surface area contributed by atoms with Crippen LogP contribution in [0.3, 0.4) is 0 Å². The first-order chi connectivity index (χ1) is 8.53. The van der Waals surface area contributed by atoms with Crippen molar-refractivity contribution in [2.75, 3.05) is 13.6 Å². The zero-order chi connectivity index (χ0) is 13.2. The van der Waals surface area contributed by atoms with Crippen molar-refractivity contribution in [2.45, 2.75) is 38.3 Å². The van der Waals surface area contributed by atoms with E-state index >= 15 is 0 Å². The van der Waals surface area contributed by atoms with Gasteiger partial charge in [-0.2, -0.15) is 0 Å². The number of hydrogen-bond donors (Lipinski definition) is 1. The van der Waals surface area contributed by atoms with E-state index in [9.17, 15) is 0 Å². The zero-order valence-corrected chi connectivity index (χ0v) is 12.1. The molecule has 1 aromatic carbocycles. The number of nitrogens with two attached hydrogens (primary N) is 1. The lowest BCUT2D eigenvalue weighted by molar-refractivity contribution is 0.119. The number of rotatable bonds is 6. The maximum atomic E-state index is 6.03. The van der Waals surface area contributed by atoms with E-state index in [0.29, 0.717) is 6.54 Å². The SMILES string of the molecule is CN(Cc1cccc(Cl)c1)C(C)(CN)CC1CC1. The average molecular weight is 267 g/mol. The second kappa shape index (κ2) is 5.60. The summed E-state index contributed by atoms with van der Waals surface area (Å²) in [5.41, 5.74) is 7.35. The van der Waals surface area contributed by atoms with Crippen molar-refractivity contribution >= 4 is 11.6 Å². The topological polar surface area (TPSA) is 29.3 Å². The summed E-state index contributed by atoms with van der Waals surface area (Å²) in [5, 5.41) is 0.803. The summed E-state index contributed by atoms with van der Waals surface area (Å²) >= 11 is 6.03. The lowest BCUT2D eigenvalue weighted by atomic mass is 9.92. The third-order valence-corrected chi connectivity index (χ3v) is 4.33. The molecule has 100 valence electrons. The molecule has 0 aromatic heterocycles. The van der Waals surface area contributed by atoms with E-state index in [4.69, 9.17) is 17.3 Å². The van der Waals surface area contributed by atoms with Crippen LogP contribution >= 0.6 is 11.6 Å². The van der Waals surface area contributed by atoms with Crippen molar-refractivity contribution < 1.29 is 0 Å². The molecule has 0 bridgehead atoms. The molecular formula is C15H23ClN2. The van der Waals surface area contributed by atoms with Gasteiger partial charge in [-0.05, 0) is 44.0 Å². The van der Waals surface area contributed by atoms with Crippen LogP contribution in [0.1, 0.15) is 31.7 Å². The van der Waals surface area contributed by atoms with Crippen LogP contribution in [0.25, 0.3) is 0 Å². The normalized spacial score (nSPS) is 18.9. The third-order valence-electron chi connectivity index (χ3n) is 4.10. The molecule has 1 aromatic rings. The van der Waals surface area contributed by atoms with E-state index in [2.05, 4.69) is 24.9 Å². The Morgan fingerprint density at radius 3 is 2.72 bits per heavy atom. The van der Waals surface area contributed by atoms with Crippen molar-refractivity contribution in [3.05, 3.63) is 34.9 Å². The largest absolute Gasteiger partial charge is 0.329 e. The van der Waals surface area contributed by atoms with Crippen LogP contribution in [0.2, 0.25) is 5.02 Å². The highest BCUT2D eigenvalue weighted by Gasteiger charge is 2.35. The fourth-order valence-corrected chi connectivity index (χ4v) is 2.65. The molecule has 1 atom stereocenters. The maximum absolute atomic E-state index is 6.03. The molecule has 1 aliphatic carbocycles. The molecule has 2 nitrogen and oxygen atoms in total. The Morgan fingerprint density at radius 1 is 1.44 bits per heavy atom. The molecule has 0 amide bonds. The molecule has 1 unspecified atom stereocenters. The minimum absolute atomic E-state index is 0.101. The Hall–Kier alpha value is -0.570. The fraction of sp³-hybridized carbons (Fsp3) is 0.600. The number of nitrogens with zero attached hydrogens (tertiary/aromatic N) is 1. The van der Waals surface area contributed by atoms with Gasteiger partial charge in [0.2, 0.25) is 0 Å². The van der Waals surface area contributed by atoms with Crippen LogP contribution in [-0.2, 0) is 6.54 Å². The van der Waals surface area contributed by atoms with Gasteiger partial charge in [-0.25, -0.2) is 0 Å². The van der Waals surface area contributed by atoms with Gasteiger partial charge in [0.15, 0.2) is 0 Å². The molecule has 1 aliphatic rings. The van der Waals surface area contributed by atoms with E-state index in [0.717, 1.165) is 17.5 Å². The molecule has 0 heterocycles. The Morgan fingerprint density at radius 2 is 2.17 bits per heavy atom. The molecule has 0 saturated heterocycles. The summed E-state index contributed by atoms with van der Waals surface area (Å²) in [6.07, 6.45) is 3.96. The lowest BCUT2D eigenvalue weighted by Crippen LogP contribution is -2.49. The van der Waals surface area contributed by atoms with E-state index in [1.54, 1.807) is 0 Å². The summed E-state index contributed by atoms with van der Waals surface area (Å²) in [4.78, 5) is 2.37. The summed E-state index contributed by atoms with van der Waals surface area (Å²) < 4.78 is 0. The van der Waals surface area contributed by atoms with Gasteiger partial charge in [0, 0.05) is 23.7 Å². The van der Waals surface area contributed by atoms with Gasteiger partial charge in [-0.15, -0.1) is 0 Å². The summed E-state index contributed by atoms with van der Waals surface area (Å²) in [5.74, 6) is 0.889. The van der Waals surface area contributed by atoms with Crippen molar-refractivity contribution in [2.24, 2.45) is 11.7 Å². The van der Waals surface area contributed by atoms with E-state index < -0.39 is 0 Å². The van der Waals surface area contributed by atoms with Gasteiger partial charge >= 0.3 is 0 Å². The second-order valence-electron chi connectivity index (χ2n) is 5.83. The molecule has 0 aliphatic heterocycles. The van der Waals surface area contributed by atoms with Crippen LogP contribution < -0.4 is 5.73 Å². The van der Waals surface area contributed by atoms with Crippen molar-refractivity contribution in [1.29, 1.82) is 0 Å². The van der Waals surface area contributed by atoms with Crippen LogP contribution in [-0.4, -0.2) is 24.0 Å². The van der Waals surface area contributed by atoms with E-state index in [-0.39, 0.29) is 5.54 Å². The second-order valence-corrected chi connectivity index (χ2v) is 6.27. The van der Waals surface area contributed by atoms with Crippen LogP contribution in [0.15, 0.2) is 24.3 Å². The summed E-state index contributed by atoms with van der Waals surface area (Å²) in [7, 11) is 2.16. The standard InChI is InChI=1S/C15H23ClN2/c1-15(11-17,9-12-6-7-12)18(2)10-13-4-3-5-14(16)8-13/h3-5,8,12H,6-7,9-11,17H2,1-2H3. The first kappa shape index (κ1) is 13.9. The first-order valence-corrected chi connectivity index (χ1v) is 7.07. The van der Waals surface area contributed by atoms with Gasteiger partial charge < -0.3 is 5.73 Å². The van der Waals surface area contributed by atoms with Gasteiger partial charge in [0.05, 0.1) is 0 Å². The van der Waals surface area contributed by atoms with Crippen molar-refractivity contribution in [1.82, 2.24) is 4.90 Å². The van der Waals surface area contributed by atoms with Crippen molar-refractivity contribution in [3.63, 3.8) is 0 Å². The molecule has 0 spiro atoms. The Bertz CT molecular complexity index is 403. The van der Waals surface area contributed by atoms with Crippen LogP contribution in [0.4, 0.5) is 0 Å². The minimum Gasteiger partial charge on any atom is -0.329 e. The summed E-state index contributed by atoms with van der Waals surface area (Å²) in [6.45, 7) is 3.89. The van der Waals surface area contributed by atoms with Gasteiger partial charge in [0.25, 0.3) is 0 Å². The van der Waals surface area contributed by atoms with Crippen molar-refractivity contribution in [3.8, 4) is 0 Å². The predicted octanol–water partition coefficient (Wildman–Crippen LogP) is 3.29. The molecule has 2 N–H and O–H groups in total. The molecule has 3 heteroatoms. The number of benzene rings is 1. The quantitative estimate of drug-likeness (QED) is 0.856. The number of hydrogen-bond acceptors (Lipinski definition) is 2.